The first-order valence-corrected chi connectivity index (χ1v) is 14.0. The minimum atomic E-state index is -0.117. The van der Waals surface area contributed by atoms with Crippen molar-refractivity contribution in [3.63, 3.8) is 0 Å². The molecule has 0 aliphatic heterocycles. The summed E-state index contributed by atoms with van der Waals surface area (Å²) in [6.07, 6.45) is 11.0. The highest BCUT2D eigenvalue weighted by Crippen LogP contribution is 2.20. The normalized spacial score (nSPS) is 13.2. The molecule has 2 aromatic heterocycles. The fraction of sp³-hybridized carbons (Fsp3) is 0.235. The maximum Gasteiger partial charge on any atom is 0.150 e. The standard InChI is InChI=1S/C34H36N6O2/c1-39-19-17-35-33(39)21-37-31(29-9-5-3-6-10-29)25-41-23-27-13-15-28(16-14-27)24-42-26-32(30-11-7-4-8-12-30)38-22-34-36-18-20-40(34)2/h3-22,31-32H,23-26H2,1-2H3/t31-,32-/m0/s1. The molecule has 0 amide bonds. The Morgan fingerprint density at radius 1 is 0.619 bits per heavy atom. The molecule has 3 aromatic carbocycles. The molecule has 8 heteroatoms. The molecular formula is C34H36N6O2. The number of rotatable bonds is 14. The van der Waals surface area contributed by atoms with Crippen molar-refractivity contribution in [2.45, 2.75) is 25.3 Å². The van der Waals surface area contributed by atoms with Gasteiger partial charge in [0, 0.05) is 38.9 Å². The van der Waals surface area contributed by atoms with Gasteiger partial charge in [0.2, 0.25) is 0 Å². The lowest BCUT2D eigenvalue weighted by atomic mass is 10.1. The second-order valence-corrected chi connectivity index (χ2v) is 10.0. The van der Waals surface area contributed by atoms with Gasteiger partial charge in [-0.25, -0.2) is 9.97 Å². The van der Waals surface area contributed by atoms with Gasteiger partial charge in [-0.15, -0.1) is 0 Å². The maximum absolute atomic E-state index is 6.11. The number of hydrogen-bond donors (Lipinski definition) is 0. The highest BCUT2D eigenvalue weighted by molar-refractivity contribution is 5.75. The van der Waals surface area contributed by atoms with E-state index in [1.807, 2.05) is 84.5 Å². The Bertz CT molecular complexity index is 1440. The summed E-state index contributed by atoms with van der Waals surface area (Å²) in [5, 5.41) is 0. The molecule has 2 atom stereocenters. The van der Waals surface area contributed by atoms with Crippen molar-refractivity contribution in [3.8, 4) is 0 Å². The minimum absolute atomic E-state index is 0.117. The lowest BCUT2D eigenvalue weighted by Crippen LogP contribution is -2.08. The van der Waals surface area contributed by atoms with Crippen molar-refractivity contribution in [2.75, 3.05) is 13.2 Å². The van der Waals surface area contributed by atoms with Gasteiger partial charge in [-0.2, -0.15) is 0 Å². The van der Waals surface area contributed by atoms with Gasteiger partial charge in [0.25, 0.3) is 0 Å². The number of ether oxygens (including phenoxy) is 2. The Balaban J connectivity index is 1.13. The number of aromatic nitrogens is 4. The van der Waals surface area contributed by atoms with Crippen molar-refractivity contribution in [1.82, 2.24) is 19.1 Å². The number of aliphatic imine (C=N–C) groups is 2. The molecule has 0 N–H and O–H groups in total. The topological polar surface area (TPSA) is 78.8 Å². The summed E-state index contributed by atoms with van der Waals surface area (Å²) < 4.78 is 16.1. The highest BCUT2D eigenvalue weighted by Gasteiger charge is 2.12. The molecule has 0 saturated heterocycles. The summed E-state index contributed by atoms with van der Waals surface area (Å²) in [5.41, 5.74) is 4.41. The van der Waals surface area contributed by atoms with Crippen LogP contribution in [0.2, 0.25) is 0 Å². The highest BCUT2D eigenvalue weighted by atomic mass is 16.5. The second-order valence-electron chi connectivity index (χ2n) is 10.0. The Hall–Kier alpha value is -4.66. The molecule has 0 aliphatic carbocycles. The van der Waals surface area contributed by atoms with E-state index in [2.05, 4.69) is 58.5 Å². The Labute approximate surface area is 247 Å². The van der Waals surface area contributed by atoms with Crippen molar-refractivity contribution in [2.24, 2.45) is 24.1 Å². The monoisotopic (exact) mass is 560 g/mol. The van der Waals surface area contributed by atoms with E-state index in [4.69, 9.17) is 19.5 Å². The smallest absolute Gasteiger partial charge is 0.150 e. The summed E-state index contributed by atoms with van der Waals surface area (Å²) in [6.45, 7) is 1.94. The molecule has 5 aromatic rings. The van der Waals surface area contributed by atoms with Crippen LogP contribution in [0.15, 0.2) is 120 Å². The first-order chi connectivity index (χ1) is 20.7. The van der Waals surface area contributed by atoms with Crippen LogP contribution in [0.25, 0.3) is 0 Å². The van der Waals surface area contributed by atoms with E-state index in [0.29, 0.717) is 26.4 Å². The van der Waals surface area contributed by atoms with E-state index in [1.165, 1.54) is 0 Å². The lowest BCUT2D eigenvalue weighted by molar-refractivity contribution is 0.107. The zero-order valence-corrected chi connectivity index (χ0v) is 24.0. The third-order valence-electron chi connectivity index (χ3n) is 6.94. The molecular weight excluding hydrogens is 524 g/mol. The van der Waals surface area contributed by atoms with Crippen LogP contribution in [0.5, 0.6) is 0 Å². The fourth-order valence-electron chi connectivity index (χ4n) is 4.43. The first kappa shape index (κ1) is 28.9. The minimum Gasteiger partial charge on any atom is -0.374 e. The average molecular weight is 561 g/mol. The number of aryl methyl sites for hydroxylation is 2. The second kappa shape index (κ2) is 14.8. The molecule has 42 heavy (non-hydrogen) atoms. The third kappa shape index (κ3) is 8.19. The Morgan fingerprint density at radius 2 is 1.02 bits per heavy atom. The predicted molar refractivity (Wildman–Crippen MR) is 166 cm³/mol. The molecule has 0 saturated carbocycles. The number of hydrogen-bond acceptors (Lipinski definition) is 6. The predicted octanol–water partition coefficient (Wildman–Crippen LogP) is 5.91. The largest absolute Gasteiger partial charge is 0.374 e. The maximum atomic E-state index is 6.11. The van der Waals surface area contributed by atoms with Gasteiger partial charge in [0.1, 0.15) is 11.6 Å². The van der Waals surface area contributed by atoms with Crippen LogP contribution in [-0.4, -0.2) is 44.7 Å². The first-order valence-electron chi connectivity index (χ1n) is 14.0. The Morgan fingerprint density at radius 3 is 1.38 bits per heavy atom. The van der Waals surface area contributed by atoms with Gasteiger partial charge >= 0.3 is 0 Å². The summed E-state index contributed by atoms with van der Waals surface area (Å²) in [7, 11) is 3.91. The molecule has 2 heterocycles. The summed E-state index contributed by atoms with van der Waals surface area (Å²) >= 11 is 0. The molecule has 0 fully saturated rings. The van der Waals surface area contributed by atoms with Crippen LogP contribution >= 0.6 is 0 Å². The number of benzene rings is 3. The van der Waals surface area contributed by atoms with Gasteiger partial charge in [-0.05, 0) is 22.3 Å². The summed E-state index contributed by atoms with van der Waals surface area (Å²) in [5.74, 6) is 1.62. The van der Waals surface area contributed by atoms with Crippen LogP contribution in [-0.2, 0) is 36.8 Å². The molecule has 8 nitrogen and oxygen atoms in total. The van der Waals surface area contributed by atoms with E-state index < -0.39 is 0 Å². The zero-order valence-electron chi connectivity index (χ0n) is 24.0. The van der Waals surface area contributed by atoms with Gasteiger partial charge in [0.05, 0.1) is 50.9 Å². The van der Waals surface area contributed by atoms with Gasteiger partial charge < -0.3 is 18.6 Å². The molecule has 5 rings (SSSR count). The van der Waals surface area contributed by atoms with Crippen molar-refractivity contribution >= 4 is 12.4 Å². The lowest BCUT2D eigenvalue weighted by Gasteiger charge is -2.15. The van der Waals surface area contributed by atoms with E-state index in [9.17, 15) is 0 Å². The van der Waals surface area contributed by atoms with E-state index in [1.54, 1.807) is 12.4 Å². The van der Waals surface area contributed by atoms with Crippen molar-refractivity contribution in [3.05, 3.63) is 144 Å². The van der Waals surface area contributed by atoms with Crippen LogP contribution in [0, 0.1) is 0 Å². The van der Waals surface area contributed by atoms with Crippen LogP contribution in [0.4, 0.5) is 0 Å². The molecule has 0 aliphatic rings. The average Bonchev–Trinajstić information content (AvgIpc) is 3.64. The van der Waals surface area contributed by atoms with E-state index >= 15 is 0 Å². The third-order valence-corrected chi connectivity index (χ3v) is 6.94. The van der Waals surface area contributed by atoms with Gasteiger partial charge in [-0.1, -0.05) is 84.9 Å². The van der Waals surface area contributed by atoms with Crippen molar-refractivity contribution in [1.29, 1.82) is 0 Å². The zero-order chi connectivity index (χ0) is 29.0. The quantitative estimate of drug-likeness (QED) is 0.158. The van der Waals surface area contributed by atoms with Crippen LogP contribution in [0.3, 0.4) is 0 Å². The van der Waals surface area contributed by atoms with Crippen LogP contribution in [0.1, 0.15) is 46.0 Å². The van der Waals surface area contributed by atoms with Crippen LogP contribution < -0.4 is 0 Å². The Kier molecular flexibility index (Phi) is 10.2. The van der Waals surface area contributed by atoms with Gasteiger partial charge in [-0.3, -0.25) is 9.98 Å². The van der Waals surface area contributed by atoms with E-state index in [-0.39, 0.29) is 12.1 Å². The molecule has 0 unspecified atom stereocenters. The summed E-state index contributed by atoms with van der Waals surface area (Å²) in [4.78, 5) is 18.2. The van der Waals surface area contributed by atoms with E-state index in [0.717, 1.165) is 33.9 Å². The molecule has 0 bridgehead atoms. The van der Waals surface area contributed by atoms with Crippen molar-refractivity contribution < 1.29 is 9.47 Å². The SMILES string of the molecule is Cn1ccnc1C=N[C@@H](COCc1ccc(COC[C@H](N=Cc2nccn2C)c2ccccc2)cc1)c1ccccc1. The molecule has 214 valence electrons. The van der Waals surface area contributed by atoms with Gasteiger partial charge in [0.15, 0.2) is 0 Å². The molecule has 0 radical (unpaired) electrons. The summed E-state index contributed by atoms with van der Waals surface area (Å²) in [6, 6.07) is 28.5. The molecule has 0 spiro atoms. The number of imidazole rings is 2. The number of nitrogens with zero attached hydrogens (tertiary/aromatic N) is 6. The fourth-order valence-corrected chi connectivity index (χ4v) is 4.43.